The van der Waals surface area contributed by atoms with Gasteiger partial charge in [0.1, 0.15) is 11.1 Å². The Kier molecular flexibility index (Phi) is 6.42. The number of rotatable bonds is 9. The molecule has 0 bridgehead atoms. The van der Waals surface area contributed by atoms with E-state index in [-0.39, 0.29) is 11.6 Å². The number of methoxy groups -OCH3 is 1. The molecule has 0 aliphatic rings. The molecule has 0 amide bonds. The van der Waals surface area contributed by atoms with Crippen LogP contribution in [0.3, 0.4) is 0 Å². The van der Waals surface area contributed by atoms with E-state index in [9.17, 15) is 9.90 Å². The third-order valence-electron chi connectivity index (χ3n) is 5.75. The fourth-order valence-electron chi connectivity index (χ4n) is 4.17. The second-order valence-corrected chi connectivity index (χ2v) is 8.15. The van der Waals surface area contributed by atoms with Gasteiger partial charge in [0.25, 0.3) is 0 Å². The zero-order valence-corrected chi connectivity index (χ0v) is 18.6. The van der Waals surface area contributed by atoms with Crippen molar-refractivity contribution in [1.82, 2.24) is 4.98 Å². The van der Waals surface area contributed by atoms with E-state index in [1.54, 1.807) is 25.3 Å². The number of aryl methyl sites for hydroxylation is 2. The molecule has 1 atom stereocenters. The van der Waals surface area contributed by atoms with Crippen molar-refractivity contribution in [3.8, 4) is 0 Å². The van der Waals surface area contributed by atoms with Gasteiger partial charge in [0.2, 0.25) is 0 Å². The molecule has 2 aromatic heterocycles. The van der Waals surface area contributed by atoms with E-state index in [0.717, 1.165) is 64.6 Å². The first-order valence-corrected chi connectivity index (χ1v) is 10.9. The summed E-state index contributed by atoms with van der Waals surface area (Å²) < 4.78 is 11.6. The first-order chi connectivity index (χ1) is 15.5. The summed E-state index contributed by atoms with van der Waals surface area (Å²) in [6.07, 6.45) is 4.75. The molecule has 0 fully saturated rings. The van der Waals surface area contributed by atoms with Gasteiger partial charge in [-0.15, -0.1) is 0 Å². The minimum atomic E-state index is -0.958. The van der Waals surface area contributed by atoms with E-state index < -0.39 is 5.97 Å². The topological polar surface area (TPSA) is 84.6 Å². The number of carboxylic acid groups (broad SMARTS) is 1. The van der Waals surface area contributed by atoms with Crippen LogP contribution in [0.25, 0.3) is 22.1 Å². The van der Waals surface area contributed by atoms with Gasteiger partial charge >= 0.3 is 5.97 Å². The van der Waals surface area contributed by atoms with Gasteiger partial charge in [-0.05, 0) is 68.5 Å². The van der Waals surface area contributed by atoms with Crippen LogP contribution in [0, 0.1) is 6.92 Å². The minimum absolute atomic E-state index is 0.163. The average molecular weight is 433 g/mol. The fourth-order valence-corrected chi connectivity index (χ4v) is 4.17. The number of fused-ring (bicyclic) bond motifs is 3. The summed E-state index contributed by atoms with van der Waals surface area (Å²) in [7, 11) is 1.72. The zero-order valence-electron chi connectivity index (χ0n) is 18.6. The number of carboxylic acids is 1. The number of aromatic carboxylic acids is 1. The van der Waals surface area contributed by atoms with Crippen molar-refractivity contribution in [2.45, 2.75) is 39.2 Å². The number of nitrogens with one attached hydrogen (secondary N) is 1. The molecule has 4 rings (SSSR count). The van der Waals surface area contributed by atoms with Crippen molar-refractivity contribution in [3.63, 3.8) is 0 Å². The number of para-hydroxylation sites is 1. The molecule has 1 unspecified atom stereocenters. The summed E-state index contributed by atoms with van der Waals surface area (Å²) >= 11 is 0. The Morgan fingerprint density at radius 1 is 1.19 bits per heavy atom. The molecule has 0 aliphatic heterocycles. The molecule has 2 aromatic carbocycles. The molecule has 166 valence electrons. The van der Waals surface area contributed by atoms with Crippen LogP contribution in [-0.4, -0.2) is 29.8 Å². The lowest BCUT2D eigenvalue weighted by Gasteiger charge is -2.18. The Hall–Kier alpha value is -3.38. The van der Waals surface area contributed by atoms with Gasteiger partial charge in [0, 0.05) is 36.6 Å². The second kappa shape index (κ2) is 9.40. The number of unbranched alkanes of at least 4 members (excludes halogenated alkanes) is 1. The molecule has 0 radical (unpaired) electrons. The van der Waals surface area contributed by atoms with Crippen molar-refractivity contribution in [1.29, 1.82) is 0 Å². The Morgan fingerprint density at radius 3 is 2.78 bits per heavy atom. The highest BCUT2D eigenvalue weighted by Crippen LogP contribution is 2.36. The normalized spacial score (nSPS) is 12.3. The lowest BCUT2D eigenvalue weighted by Crippen LogP contribution is -2.11. The lowest BCUT2D eigenvalue weighted by atomic mass is 10.0. The Morgan fingerprint density at radius 2 is 2.00 bits per heavy atom. The van der Waals surface area contributed by atoms with Crippen molar-refractivity contribution in [2.24, 2.45) is 0 Å². The van der Waals surface area contributed by atoms with Crippen molar-refractivity contribution >= 4 is 33.7 Å². The Balaban J connectivity index is 1.74. The van der Waals surface area contributed by atoms with Gasteiger partial charge in [-0.3, -0.25) is 4.98 Å². The number of pyridine rings is 1. The van der Waals surface area contributed by atoms with Crippen LogP contribution in [0.2, 0.25) is 0 Å². The van der Waals surface area contributed by atoms with Crippen molar-refractivity contribution < 1.29 is 19.1 Å². The monoisotopic (exact) mass is 432 g/mol. The van der Waals surface area contributed by atoms with Crippen LogP contribution in [-0.2, 0) is 11.2 Å². The van der Waals surface area contributed by atoms with Gasteiger partial charge in [-0.2, -0.15) is 0 Å². The molecular formula is C26H28N2O4. The van der Waals surface area contributed by atoms with Crippen molar-refractivity contribution in [3.05, 3.63) is 70.9 Å². The highest BCUT2D eigenvalue weighted by atomic mass is 16.5. The highest BCUT2D eigenvalue weighted by molar-refractivity contribution is 6.05. The maximum Gasteiger partial charge on any atom is 0.337 e. The number of hydrogen-bond acceptors (Lipinski definition) is 5. The Bertz CT molecular complexity index is 1260. The van der Waals surface area contributed by atoms with Crippen LogP contribution in [0.15, 0.2) is 53.1 Å². The molecular weight excluding hydrogens is 404 g/mol. The SMILES string of the molecule is COCCCCc1ccnc2c1oc1c(C(C)Nc3ccccc3C(=O)O)cc(C)cc12. The fraction of sp³-hybridized carbons (Fsp3) is 0.308. The predicted octanol–water partition coefficient (Wildman–Crippen LogP) is 6.13. The lowest BCUT2D eigenvalue weighted by molar-refractivity contribution is 0.0698. The van der Waals surface area contributed by atoms with E-state index in [2.05, 4.69) is 22.4 Å². The maximum atomic E-state index is 11.6. The molecule has 0 saturated heterocycles. The quantitative estimate of drug-likeness (QED) is 0.310. The highest BCUT2D eigenvalue weighted by Gasteiger charge is 2.20. The van der Waals surface area contributed by atoms with Crippen molar-refractivity contribution in [2.75, 3.05) is 19.0 Å². The van der Waals surface area contributed by atoms with Crippen LogP contribution < -0.4 is 5.32 Å². The van der Waals surface area contributed by atoms with Crippen LogP contribution in [0.1, 0.15) is 52.9 Å². The smallest absolute Gasteiger partial charge is 0.337 e. The number of nitrogens with zero attached hydrogens (tertiary/aromatic N) is 1. The number of ether oxygens (including phenoxy) is 1. The van der Waals surface area contributed by atoms with E-state index >= 15 is 0 Å². The first-order valence-electron chi connectivity index (χ1n) is 10.9. The predicted molar refractivity (Wildman–Crippen MR) is 127 cm³/mol. The van der Waals surface area contributed by atoms with Gasteiger partial charge in [-0.1, -0.05) is 18.2 Å². The molecule has 6 nitrogen and oxygen atoms in total. The first kappa shape index (κ1) is 21.8. The van der Waals surface area contributed by atoms with Crippen LogP contribution >= 0.6 is 0 Å². The van der Waals surface area contributed by atoms with Crippen LogP contribution in [0.4, 0.5) is 5.69 Å². The van der Waals surface area contributed by atoms with E-state index in [1.807, 2.05) is 32.2 Å². The molecule has 32 heavy (non-hydrogen) atoms. The molecule has 2 heterocycles. The number of furan rings is 1. The summed E-state index contributed by atoms with van der Waals surface area (Å²) in [6, 6.07) is 13.0. The molecule has 4 aromatic rings. The largest absolute Gasteiger partial charge is 0.478 e. The number of benzene rings is 2. The van der Waals surface area contributed by atoms with Gasteiger partial charge in [0.15, 0.2) is 5.58 Å². The molecule has 0 spiro atoms. The number of carbonyl (C=O) groups is 1. The maximum absolute atomic E-state index is 11.6. The second-order valence-electron chi connectivity index (χ2n) is 8.15. The van der Waals surface area contributed by atoms with Crippen LogP contribution in [0.5, 0.6) is 0 Å². The summed E-state index contributed by atoms with van der Waals surface area (Å²) in [5.74, 6) is -0.958. The molecule has 0 saturated carbocycles. The third-order valence-corrected chi connectivity index (χ3v) is 5.75. The number of aromatic nitrogens is 1. The molecule has 6 heteroatoms. The third kappa shape index (κ3) is 4.32. The zero-order chi connectivity index (χ0) is 22.7. The number of anilines is 1. The van der Waals surface area contributed by atoms with Gasteiger partial charge in [-0.25, -0.2) is 4.79 Å². The summed E-state index contributed by atoms with van der Waals surface area (Å²) in [5.41, 5.74) is 6.52. The summed E-state index contributed by atoms with van der Waals surface area (Å²) in [5, 5.41) is 13.9. The van der Waals surface area contributed by atoms with E-state index in [0.29, 0.717) is 5.69 Å². The average Bonchev–Trinajstić information content (AvgIpc) is 3.15. The van der Waals surface area contributed by atoms with Gasteiger partial charge < -0.3 is 19.6 Å². The van der Waals surface area contributed by atoms with Gasteiger partial charge in [0.05, 0.1) is 11.6 Å². The standard InChI is InChI=1S/C26H28N2O4/c1-16-14-20(17(2)28-22-10-5-4-9-19(22)26(29)30)25-21(15-16)23-24(32-25)18(11-12-27-23)8-6-7-13-31-3/h4-5,9-12,14-15,17,28H,6-8,13H2,1-3H3,(H,29,30). The summed E-state index contributed by atoms with van der Waals surface area (Å²) in [4.78, 5) is 16.2. The summed E-state index contributed by atoms with van der Waals surface area (Å²) in [6.45, 7) is 4.81. The Labute approximate surface area is 187 Å². The van der Waals surface area contributed by atoms with E-state index in [1.165, 1.54) is 0 Å². The number of hydrogen-bond donors (Lipinski definition) is 2. The molecule has 2 N–H and O–H groups in total. The molecule has 0 aliphatic carbocycles. The van der Waals surface area contributed by atoms with E-state index in [4.69, 9.17) is 9.15 Å². The minimum Gasteiger partial charge on any atom is -0.478 e.